The summed E-state index contributed by atoms with van der Waals surface area (Å²) in [7, 11) is 0. The molecule has 3 N–H and O–H groups in total. The van der Waals surface area contributed by atoms with Gasteiger partial charge in [0.1, 0.15) is 50.3 Å². The largest absolute Gasteiger partial charge is 0.494 e. The first-order valence-corrected chi connectivity index (χ1v) is 11.5. The Kier molecular flexibility index (Phi) is 7.10. The van der Waals surface area contributed by atoms with E-state index >= 15 is 0 Å². The topological polar surface area (TPSA) is 56.4 Å². The molecule has 2 aromatic carbocycles. The minimum Gasteiger partial charge on any atom is -0.494 e. The molecule has 0 bridgehead atoms. The lowest BCUT2D eigenvalue weighted by molar-refractivity contribution is -1.02. The normalized spacial score (nSPS) is 22.5. The van der Waals surface area contributed by atoms with E-state index < -0.39 is 0 Å². The van der Waals surface area contributed by atoms with Crippen molar-refractivity contribution in [3.05, 3.63) is 59.2 Å². The summed E-state index contributed by atoms with van der Waals surface area (Å²) in [5.41, 5.74) is 3.55. The summed E-state index contributed by atoms with van der Waals surface area (Å²) >= 11 is 0. The summed E-state index contributed by atoms with van der Waals surface area (Å²) in [6.45, 7) is 11.0. The van der Waals surface area contributed by atoms with Gasteiger partial charge in [0.2, 0.25) is 0 Å². The molecular formula is C25H35N3O3+2. The maximum absolute atomic E-state index is 12.6. The molecule has 2 aromatic rings. The zero-order valence-corrected chi connectivity index (χ0v) is 18.7. The first kappa shape index (κ1) is 21.7. The zero-order chi connectivity index (χ0) is 21.6. The summed E-state index contributed by atoms with van der Waals surface area (Å²) in [5.74, 6) is 1.87. The number of carbonyl (C=O) groups is 1. The van der Waals surface area contributed by atoms with Crippen LogP contribution in [0.5, 0.6) is 11.5 Å². The predicted octanol–water partition coefficient (Wildman–Crippen LogP) is 0.00850. The molecule has 0 aliphatic carbocycles. The van der Waals surface area contributed by atoms with Gasteiger partial charge in [-0.05, 0) is 26.0 Å². The Morgan fingerprint density at radius 2 is 1.87 bits per heavy atom. The number of rotatable bonds is 8. The van der Waals surface area contributed by atoms with Crippen LogP contribution in [-0.2, 0) is 24.3 Å². The molecule has 1 fully saturated rings. The lowest BCUT2D eigenvalue weighted by atomic mass is 10.1. The molecule has 0 spiro atoms. The monoisotopic (exact) mass is 425 g/mol. The van der Waals surface area contributed by atoms with Crippen LogP contribution in [0.3, 0.4) is 0 Å². The smallest absolute Gasteiger partial charge is 0.275 e. The fourth-order valence-electron chi connectivity index (χ4n) is 4.59. The van der Waals surface area contributed by atoms with Crippen LogP contribution in [0.15, 0.2) is 42.5 Å². The van der Waals surface area contributed by atoms with Crippen molar-refractivity contribution in [3.8, 4) is 11.5 Å². The molecular weight excluding hydrogens is 390 g/mol. The van der Waals surface area contributed by atoms with E-state index in [1.165, 1.54) is 16.0 Å². The predicted molar refractivity (Wildman–Crippen MR) is 120 cm³/mol. The maximum Gasteiger partial charge on any atom is 0.275 e. The van der Waals surface area contributed by atoms with Crippen molar-refractivity contribution in [1.29, 1.82) is 0 Å². The van der Waals surface area contributed by atoms with Crippen LogP contribution in [0.1, 0.15) is 30.5 Å². The third kappa shape index (κ3) is 5.77. The lowest BCUT2D eigenvalue weighted by Crippen LogP contribution is -3.28. The van der Waals surface area contributed by atoms with Gasteiger partial charge in [0.25, 0.3) is 5.91 Å². The summed E-state index contributed by atoms with van der Waals surface area (Å²) in [5, 5.41) is 3.10. The lowest BCUT2D eigenvalue weighted by Gasteiger charge is -2.29. The Morgan fingerprint density at radius 3 is 2.61 bits per heavy atom. The van der Waals surface area contributed by atoms with Gasteiger partial charge in [0, 0.05) is 29.7 Å². The van der Waals surface area contributed by atoms with Gasteiger partial charge in [-0.1, -0.05) is 30.3 Å². The minimum atomic E-state index is 0.0961. The third-order valence-electron chi connectivity index (χ3n) is 6.23. The standard InChI is InChI=1S/C25H33N3O3/c1-3-30-23-14-21-13-19(2)31-24(21)15-22(23)16-26-25(29)18-28-11-9-27(10-12-28)17-20-7-5-4-6-8-20/h4-8,14-15,19H,3,9-13,16-18H2,1-2H3,(H,26,29)/p+2/t19-/m1/s1. The number of hydrogen-bond acceptors (Lipinski definition) is 3. The fraction of sp³-hybridized carbons (Fsp3) is 0.480. The molecule has 0 saturated carbocycles. The van der Waals surface area contributed by atoms with Crippen molar-refractivity contribution in [1.82, 2.24) is 5.32 Å². The van der Waals surface area contributed by atoms with Gasteiger partial charge in [0.05, 0.1) is 6.61 Å². The number of nitrogens with one attached hydrogen (secondary N) is 3. The molecule has 2 aliphatic heterocycles. The number of quaternary nitrogens is 2. The van der Waals surface area contributed by atoms with Crippen molar-refractivity contribution < 1.29 is 24.1 Å². The van der Waals surface area contributed by atoms with Gasteiger partial charge < -0.3 is 24.6 Å². The summed E-state index contributed by atoms with van der Waals surface area (Å²) < 4.78 is 11.7. The molecule has 0 radical (unpaired) electrons. The highest BCUT2D eigenvalue weighted by molar-refractivity contribution is 5.77. The Balaban J connectivity index is 1.25. The molecule has 0 aromatic heterocycles. The van der Waals surface area contributed by atoms with E-state index in [1.807, 2.05) is 13.0 Å². The zero-order valence-electron chi connectivity index (χ0n) is 18.7. The SMILES string of the molecule is CCOc1cc2c(cc1CNC(=O)C[NH+]1CC[NH+](Cc3ccccc3)CC1)O[C@H](C)C2. The molecule has 6 heteroatoms. The molecule has 6 nitrogen and oxygen atoms in total. The van der Waals surface area contributed by atoms with Crippen LogP contribution in [0.4, 0.5) is 0 Å². The molecule has 31 heavy (non-hydrogen) atoms. The number of amides is 1. The van der Waals surface area contributed by atoms with E-state index in [1.54, 1.807) is 4.90 Å². The van der Waals surface area contributed by atoms with E-state index in [9.17, 15) is 4.79 Å². The highest BCUT2D eigenvalue weighted by atomic mass is 16.5. The summed E-state index contributed by atoms with van der Waals surface area (Å²) in [6, 6.07) is 14.8. The second-order valence-corrected chi connectivity index (χ2v) is 8.75. The van der Waals surface area contributed by atoms with Crippen molar-refractivity contribution in [2.45, 2.75) is 39.5 Å². The van der Waals surface area contributed by atoms with Crippen LogP contribution >= 0.6 is 0 Å². The van der Waals surface area contributed by atoms with E-state index in [0.29, 0.717) is 19.7 Å². The van der Waals surface area contributed by atoms with Gasteiger partial charge in [0.15, 0.2) is 6.54 Å². The van der Waals surface area contributed by atoms with Gasteiger partial charge in [-0.3, -0.25) is 4.79 Å². The van der Waals surface area contributed by atoms with E-state index in [4.69, 9.17) is 9.47 Å². The number of piperazine rings is 1. The third-order valence-corrected chi connectivity index (χ3v) is 6.23. The van der Waals surface area contributed by atoms with Gasteiger partial charge in [-0.25, -0.2) is 0 Å². The first-order valence-electron chi connectivity index (χ1n) is 11.5. The van der Waals surface area contributed by atoms with Crippen LogP contribution in [0.2, 0.25) is 0 Å². The van der Waals surface area contributed by atoms with Crippen LogP contribution < -0.4 is 24.6 Å². The second-order valence-electron chi connectivity index (χ2n) is 8.75. The fourth-order valence-corrected chi connectivity index (χ4v) is 4.59. The van der Waals surface area contributed by atoms with Crippen molar-refractivity contribution >= 4 is 5.91 Å². The second kappa shape index (κ2) is 10.2. The quantitative estimate of drug-likeness (QED) is 0.559. The average molecular weight is 426 g/mol. The average Bonchev–Trinajstić information content (AvgIpc) is 3.13. The summed E-state index contributed by atoms with van der Waals surface area (Å²) in [6.07, 6.45) is 1.10. The number of carbonyl (C=O) groups excluding carboxylic acids is 1. The summed E-state index contributed by atoms with van der Waals surface area (Å²) in [4.78, 5) is 15.6. The van der Waals surface area contributed by atoms with Crippen LogP contribution in [0, 0.1) is 0 Å². The Morgan fingerprint density at radius 1 is 1.13 bits per heavy atom. The first-order chi connectivity index (χ1) is 15.1. The molecule has 1 saturated heterocycles. The Hall–Kier alpha value is -2.57. The van der Waals surface area contributed by atoms with E-state index in [2.05, 4.69) is 48.6 Å². The molecule has 1 atom stereocenters. The van der Waals surface area contributed by atoms with Crippen LogP contribution in [-0.4, -0.2) is 51.3 Å². The van der Waals surface area contributed by atoms with Crippen molar-refractivity contribution in [2.75, 3.05) is 39.3 Å². The molecule has 4 rings (SSSR count). The number of ether oxygens (including phenoxy) is 2. The number of fused-ring (bicyclic) bond motifs is 1. The maximum atomic E-state index is 12.6. The Labute approximate surface area is 185 Å². The van der Waals surface area contributed by atoms with E-state index in [0.717, 1.165) is 56.2 Å². The minimum absolute atomic E-state index is 0.0961. The molecule has 166 valence electrons. The number of benzene rings is 2. The van der Waals surface area contributed by atoms with Crippen molar-refractivity contribution in [2.24, 2.45) is 0 Å². The Bertz CT molecular complexity index is 879. The van der Waals surface area contributed by atoms with Gasteiger partial charge in [-0.15, -0.1) is 0 Å². The highest BCUT2D eigenvalue weighted by Gasteiger charge is 2.25. The van der Waals surface area contributed by atoms with Gasteiger partial charge >= 0.3 is 0 Å². The van der Waals surface area contributed by atoms with Crippen molar-refractivity contribution in [3.63, 3.8) is 0 Å². The molecule has 2 aliphatic rings. The van der Waals surface area contributed by atoms with E-state index in [-0.39, 0.29) is 12.0 Å². The van der Waals surface area contributed by atoms with Crippen LogP contribution in [0.25, 0.3) is 0 Å². The van der Waals surface area contributed by atoms with Gasteiger partial charge in [-0.2, -0.15) is 0 Å². The highest BCUT2D eigenvalue weighted by Crippen LogP contribution is 2.35. The molecule has 0 unspecified atom stereocenters. The number of hydrogen-bond donors (Lipinski definition) is 3. The molecule has 2 heterocycles. The molecule has 1 amide bonds.